The maximum Gasteiger partial charge on any atom is 0.166 e. The minimum absolute atomic E-state index is 0.00500. The lowest BCUT2D eigenvalue weighted by atomic mass is 9.88. The summed E-state index contributed by atoms with van der Waals surface area (Å²) in [6.45, 7) is 2.01. The van der Waals surface area contributed by atoms with Gasteiger partial charge in [0.05, 0.1) is 11.4 Å². The van der Waals surface area contributed by atoms with Crippen LogP contribution in [0.1, 0.15) is 23.1 Å². The molecule has 0 spiro atoms. The number of nitrogens with zero attached hydrogens (tertiary/aromatic N) is 2. The molecular weight excluding hydrogens is 377 g/mol. The van der Waals surface area contributed by atoms with Gasteiger partial charge in [0.25, 0.3) is 0 Å². The van der Waals surface area contributed by atoms with Gasteiger partial charge in [0.15, 0.2) is 5.66 Å². The van der Waals surface area contributed by atoms with Crippen LogP contribution >= 0.6 is 11.6 Å². The summed E-state index contributed by atoms with van der Waals surface area (Å²) in [7, 11) is 2.09. The van der Waals surface area contributed by atoms with E-state index in [1.165, 1.54) is 12.4 Å². The van der Waals surface area contributed by atoms with Gasteiger partial charge in [0, 0.05) is 40.5 Å². The van der Waals surface area contributed by atoms with Crippen LogP contribution in [-0.4, -0.2) is 31.4 Å². The second-order valence-electron chi connectivity index (χ2n) is 7.27. The third kappa shape index (κ3) is 3.22. The normalized spacial score (nSPS) is 23.6. The zero-order valence-electron chi connectivity index (χ0n) is 15.5. The fraction of sp³-hybridized carbons (Fsp3) is 0.286. The summed E-state index contributed by atoms with van der Waals surface area (Å²) in [6, 6.07) is 8.25. The van der Waals surface area contributed by atoms with E-state index in [0.29, 0.717) is 28.4 Å². The fourth-order valence-electron chi connectivity index (χ4n) is 3.68. The van der Waals surface area contributed by atoms with Crippen molar-refractivity contribution in [2.75, 3.05) is 31.2 Å². The number of likely N-dealkylation sites (tertiary alicyclic amines) is 1. The van der Waals surface area contributed by atoms with E-state index in [2.05, 4.69) is 34.1 Å². The van der Waals surface area contributed by atoms with Crippen LogP contribution in [0.25, 0.3) is 0 Å². The molecule has 4 rings (SSSR count). The first-order chi connectivity index (χ1) is 13.4. The Balaban J connectivity index is 1.75. The standard InChI is InChI=1S/C21H21ClFN5/c1-28-8-7-13(11-28)5-6-14-9-19-16(10-18(14)24)21(25,27-12-26-19)15-3-2-4-17(22)20(15)23/h2-4,9-10,12-13H,7-8,11,24-25H2,1H3,(H,26,27). The Labute approximate surface area is 168 Å². The van der Waals surface area contributed by atoms with E-state index in [0.717, 1.165) is 19.5 Å². The van der Waals surface area contributed by atoms with Crippen molar-refractivity contribution in [2.45, 2.75) is 12.1 Å². The summed E-state index contributed by atoms with van der Waals surface area (Å²) < 4.78 is 14.7. The third-order valence-corrected chi connectivity index (χ3v) is 5.54. The molecule has 2 aliphatic rings. The molecule has 0 bridgehead atoms. The van der Waals surface area contributed by atoms with Crippen molar-refractivity contribution >= 4 is 29.3 Å². The molecule has 7 heteroatoms. The van der Waals surface area contributed by atoms with Gasteiger partial charge in [0.1, 0.15) is 5.82 Å². The SMILES string of the molecule is CN1CCC(C#Cc2cc3c(cc2N)C(N)(c2cccc(Cl)c2F)N=CN3)C1. The average molecular weight is 398 g/mol. The van der Waals surface area contributed by atoms with Crippen LogP contribution in [0.15, 0.2) is 35.3 Å². The van der Waals surface area contributed by atoms with Crippen molar-refractivity contribution in [3.05, 3.63) is 57.9 Å². The second kappa shape index (κ2) is 7.10. The van der Waals surface area contributed by atoms with Crippen LogP contribution in [0.3, 0.4) is 0 Å². The van der Waals surface area contributed by atoms with Crippen molar-refractivity contribution in [3.63, 3.8) is 0 Å². The van der Waals surface area contributed by atoms with Crippen LogP contribution in [0.4, 0.5) is 15.8 Å². The van der Waals surface area contributed by atoms with E-state index < -0.39 is 11.5 Å². The number of hydrogen-bond acceptors (Lipinski definition) is 5. The zero-order valence-corrected chi connectivity index (χ0v) is 16.2. The minimum Gasteiger partial charge on any atom is -0.398 e. The van der Waals surface area contributed by atoms with E-state index in [9.17, 15) is 4.39 Å². The molecule has 0 amide bonds. The largest absolute Gasteiger partial charge is 0.398 e. The molecule has 1 saturated heterocycles. The van der Waals surface area contributed by atoms with Crippen LogP contribution < -0.4 is 16.8 Å². The molecule has 0 radical (unpaired) electrons. The Hall–Kier alpha value is -2.59. The summed E-state index contributed by atoms with van der Waals surface area (Å²) in [5, 5.41) is 3.06. The maximum atomic E-state index is 14.7. The lowest BCUT2D eigenvalue weighted by Gasteiger charge is -2.32. The first kappa shape index (κ1) is 18.8. The van der Waals surface area contributed by atoms with Crippen molar-refractivity contribution < 1.29 is 4.39 Å². The van der Waals surface area contributed by atoms with E-state index in [4.69, 9.17) is 23.1 Å². The van der Waals surface area contributed by atoms with Gasteiger partial charge in [-0.1, -0.05) is 35.6 Å². The molecule has 2 aromatic carbocycles. The summed E-state index contributed by atoms with van der Waals surface area (Å²) in [5.74, 6) is 6.24. The first-order valence-corrected chi connectivity index (χ1v) is 9.44. The van der Waals surface area contributed by atoms with Gasteiger partial charge in [-0.2, -0.15) is 0 Å². The summed E-state index contributed by atoms with van der Waals surface area (Å²) >= 11 is 5.95. The Kier molecular flexibility index (Phi) is 4.76. The Morgan fingerprint density at radius 1 is 1.36 bits per heavy atom. The van der Waals surface area contributed by atoms with Gasteiger partial charge in [0.2, 0.25) is 0 Å². The molecule has 2 aromatic rings. The molecule has 2 heterocycles. The molecule has 5 nitrogen and oxygen atoms in total. The van der Waals surface area contributed by atoms with Gasteiger partial charge in [-0.3, -0.25) is 5.73 Å². The third-order valence-electron chi connectivity index (χ3n) is 5.25. The minimum atomic E-state index is -1.43. The number of nitrogens with one attached hydrogen (secondary N) is 1. The predicted molar refractivity (Wildman–Crippen MR) is 112 cm³/mol. The van der Waals surface area contributed by atoms with E-state index in [1.54, 1.807) is 18.2 Å². The van der Waals surface area contributed by atoms with Crippen molar-refractivity contribution in [3.8, 4) is 11.8 Å². The Morgan fingerprint density at radius 3 is 2.93 bits per heavy atom. The van der Waals surface area contributed by atoms with Crippen molar-refractivity contribution in [1.82, 2.24) is 4.90 Å². The summed E-state index contributed by atoms with van der Waals surface area (Å²) in [4.78, 5) is 6.57. The lowest BCUT2D eigenvalue weighted by Crippen LogP contribution is -2.40. The summed E-state index contributed by atoms with van der Waals surface area (Å²) in [6.07, 6.45) is 2.52. The van der Waals surface area contributed by atoms with Gasteiger partial charge in [-0.05, 0) is 38.2 Å². The molecule has 5 N–H and O–H groups in total. The quantitative estimate of drug-likeness (QED) is 0.510. The highest BCUT2D eigenvalue weighted by molar-refractivity contribution is 6.30. The molecule has 0 aromatic heterocycles. The molecule has 144 valence electrons. The smallest absolute Gasteiger partial charge is 0.166 e. The molecule has 0 saturated carbocycles. The van der Waals surface area contributed by atoms with Crippen LogP contribution in [0, 0.1) is 23.6 Å². The van der Waals surface area contributed by atoms with E-state index in [1.807, 2.05) is 6.07 Å². The number of rotatable bonds is 1. The van der Waals surface area contributed by atoms with Crippen LogP contribution in [0.2, 0.25) is 5.02 Å². The summed E-state index contributed by atoms with van der Waals surface area (Å²) in [5.41, 5.74) is 14.0. The highest BCUT2D eigenvalue weighted by Gasteiger charge is 2.37. The monoisotopic (exact) mass is 397 g/mol. The lowest BCUT2D eigenvalue weighted by molar-refractivity contribution is 0.409. The number of anilines is 2. The maximum absolute atomic E-state index is 14.7. The zero-order chi connectivity index (χ0) is 19.9. The number of nitrogens with two attached hydrogens (primary N) is 2. The van der Waals surface area contributed by atoms with Gasteiger partial charge >= 0.3 is 0 Å². The van der Waals surface area contributed by atoms with Gasteiger partial charge in [-0.15, -0.1) is 0 Å². The molecule has 0 aliphatic carbocycles. The average Bonchev–Trinajstić information content (AvgIpc) is 3.08. The van der Waals surface area contributed by atoms with Crippen LogP contribution in [-0.2, 0) is 5.66 Å². The van der Waals surface area contributed by atoms with E-state index in [-0.39, 0.29) is 10.6 Å². The molecule has 28 heavy (non-hydrogen) atoms. The number of aliphatic imine (C=N–C) groups is 1. The Bertz CT molecular complexity index is 1030. The van der Waals surface area contributed by atoms with E-state index >= 15 is 0 Å². The highest BCUT2D eigenvalue weighted by Crippen LogP contribution is 2.40. The number of hydrogen-bond donors (Lipinski definition) is 3. The van der Waals surface area contributed by atoms with Gasteiger partial charge in [-0.25, -0.2) is 9.38 Å². The molecule has 2 unspecified atom stereocenters. The fourth-order valence-corrected chi connectivity index (χ4v) is 3.85. The molecule has 2 aliphatic heterocycles. The van der Waals surface area contributed by atoms with Gasteiger partial charge < -0.3 is 16.0 Å². The molecular formula is C21H21ClFN5. The second-order valence-corrected chi connectivity index (χ2v) is 7.68. The number of nitrogen functional groups attached to an aromatic ring is 1. The number of benzene rings is 2. The Morgan fingerprint density at radius 2 is 2.18 bits per heavy atom. The van der Waals surface area contributed by atoms with Crippen LogP contribution in [0.5, 0.6) is 0 Å². The van der Waals surface area contributed by atoms with Crippen molar-refractivity contribution in [2.24, 2.45) is 16.6 Å². The highest BCUT2D eigenvalue weighted by atomic mass is 35.5. The molecule has 1 fully saturated rings. The first-order valence-electron chi connectivity index (χ1n) is 9.06. The number of halogens is 2. The van der Waals surface area contributed by atoms with Crippen molar-refractivity contribution in [1.29, 1.82) is 0 Å². The molecule has 2 atom stereocenters. The number of fused-ring (bicyclic) bond motifs is 1. The topological polar surface area (TPSA) is 79.7 Å². The predicted octanol–water partition coefficient (Wildman–Crippen LogP) is 2.98.